The van der Waals surface area contributed by atoms with Gasteiger partial charge >= 0.3 is 0 Å². The van der Waals surface area contributed by atoms with Crippen LogP contribution < -0.4 is 11.1 Å². The molecule has 0 saturated heterocycles. The van der Waals surface area contributed by atoms with Gasteiger partial charge in [-0.1, -0.05) is 28.1 Å². The second kappa shape index (κ2) is 7.24. The number of hydrogen-bond acceptors (Lipinski definition) is 3. The zero-order chi connectivity index (χ0) is 15.2. The summed E-state index contributed by atoms with van der Waals surface area (Å²) in [5.74, 6) is -0.185. The number of halogens is 1. The molecule has 2 rings (SSSR count). The van der Waals surface area contributed by atoms with Gasteiger partial charge in [0, 0.05) is 15.8 Å². The molecule has 0 bridgehead atoms. The largest absolute Gasteiger partial charge is 0.399 e. The average molecular weight is 349 g/mol. The molecule has 2 aromatic rings. The summed E-state index contributed by atoms with van der Waals surface area (Å²) >= 11 is 3.40. The van der Waals surface area contributed by atoms with Crippen molar-refractivity contribution in [3.63, 3.8) is 0 Å². The number of nitrogens with two attached hydrogens (primary N) is 1. The van der Waals surface area contributed by atoms with Crippen molar-refractivity contribution in [2.24, 2.45) is 0 Å². The van der Waals surface area contributed by atoms with Crippen LogP contribution in [0.4, 0.5) is 11.4 Å². The molecule has 110 valence electrons. The fourth-order valence-electron chi connectivity index (χ4n) is 1.73. The van der Waals surface area contributed by atoms with Gasteiger partial charge in [0.25, 0.3) is 5.91 Å². The van der Waals surface area contributed by atoms with E-state index in [0.717, 1.165) is 10.0 Å². The van der Waals surface area contributed by atoms with E-state index in [1.165, 1.54) is 0 Å². The minimum Gasteiger partial charge on any atom is -0.399 e. The summed E-state index contributed by atoms with van der Waals surface area (Å²) in [6.45, 7) is 2.11. The molecule has 0 aliphatic carbocycles. The van der Waals surface area contributed by atoms with Gasteiger partial charge in [-0.2, -0.15) is 0 Å². The normalized spacial score (nSPS) is 11.9. The van der Waals surface area contributed by atoms with Crippen molar-refractivity contribution >= 4 is 33.2 Å². The minimum atomic E-state index is -0.540. The third-order valence-electron chi connectivity index (χ3n) is 2.94. The lowest BCUT2D eigenvalue weighted by Gasteiger charge is -2.13. The third kappa shape index (κ3) is 4.88. The highest BCUT2D eigenvalue weighted by atomic mass is 79.9. The molecule has 1 unspecified atom stereocenters. The predicted octanol–water partition coefficient (Wildman–Crippen LogP) is 3.58. The molecule has 0 heterocycles. The molecule has 0 fully saturated rings. The van der Waals surface area contributed by atoms with Crippen molar-refractivity contribution in [2.75, 3.05) is 11.1 Å². The number of carbonyl (C=O) groups excluding carboxylic acids is 1. The molecule has 2 aromatic carbocycles. The van der Waals surface area contributed by atoms with E-state index in [0.29, 0.717) is 18.0 Å². The van der Waals surface area contributed by atoms with Crippen LogP contribution in [0, 0.1) is 0 Å². The zero-order valence-corrected chi connectivity index (χ0v) is 13.3. The first kappa shape index (κ1) is 15.5. The maximum atomic E-state index is 12.0. The van der Waals surface area contributed by atoms with Crippen molar-refractivity contribution in [1.82, 2.24) is 0 Å². The number of rotatable bonds is 5. The molecular formula is C16H17BrN2O2. The van der Waals surface area contributed by atoms with Gasteiger partial charge in [-0.15, -0.1) is 0 Å². The molecule has 3 N–H and O–H groups in total. The number of benzene rings is 2. The highest BCUT2D eigenvalue weighted by Gasteiger charge is 2.13. The lowest BCUT2D eigenvalue weighted by atomic mass is 10.2. The molecule has 5 heteroatoms. The van der Waals surface area contributed by atoms with Crippen molar-refractivity contribution in [2.45, 2.75) is 19.6 Å². The van der Waals surface area contributed by atoms with E-state index in [4.69, 9.17) is 10.5 Å². The van der Waals surface area contributed by atoms with E-state index in [1.807, 2.05) is 24.3 Å². The van der Waals surface area contributed by atoms with Crippen LogP contribution in [-0.2, 0) is 16.1 Å². The van der Waals surface area contributed by atoms with E-state index in [-0.39, 0.29) is 5.91 Å². The number of ether oxygens (including phenoxy) is 1. The first-order valence-electron chi connectivity index (χ1n) is 6.57. The van der Waals surface area contributed by atoms with Gasteiger partial charge in [0.05, 0.1) is 6.61 Å². The monoisotopic (exact) mass is 348 g/mol. The standard InChI is InChI=1S/C16H17BrN2O2/c1-11(21-10-12-3-2-4-13(17)9-12)16(20)19-15-7-5-14(18)6-8-15/h2-9,11H,10,18H2,1H3,(H,19,20). The van der Waals surface area contributed by atoms with Crippen molar-refractivity contribution in [3.05, 3.63) is 58.6 Å². The van der Waals surface area contributed by atoms with Gasteiger partial charge in [-0.25, -0.2) is 0 Å². The summed E-state index contributed by atoms with van der Waals surface area (Å²) in [6, 6.07) is 14.8. The van der Waals surface area contributed by atoms with Crippen LogP contribution in [0.3, 0.4) is 0 Å². The summed E-state index contributed by atoms with van der Waals surface area (Å²) in [5.41, 5.74) is 7.97. The number of anilines is 2. The second-order valence-electron chi connectivity index (χ2n) is 4.69. The molecular weight excluding hydrogens is 332 g/mol. The molecule has 1 amide bonds. The predicted molar refractivity (Wildman–Crippen MR) is 87.9 cm³/mol. The van der Waals surface area contributed by atoms with E-state index in [9.17, 15) is 4.79 Å². The van der Waals surface area contributed by atoms with Gasteiger partial charge in [-0.3, -0.25) is 4.79 Å². The molecule has 0 radical (unpaired) electrons. The van der Waals surface area contributed by atoms with Crippen LogP contribution in [-0.4, -0.2) is 12.0 Å². The van der Waals surface area contributed by atoms with Gasteiger partial charge in [0.15, 0.2) is 0 Å². The van der Waals surface area contributed by atoms with Crippen LogP contribution >= 0.6 is 15.9 Å². The van der Waals surface area contributed by atoms with Crippen molar-refractivity contribution < 1.29 is 9.53 Å². The fraction of sp³-hybridized carbons (Fsp3) is 0.188. The maximum absolute atomic E-state index is 12.0. The van der Waals surface area contributed by atoms with Gasteiger partial charge in [0.2, 0.25) is 0 Å². The summed E-state index contributed by atoms with van der Waals surface area (Å²) in [5, 5.41) is 2.79. The quantitative estimate of drug-likeness (QED) is 0.811. The molecule has 0 spiro atoms. The van der Waals surface area contributed by atoms with Gasteiger partial charge < -0.3 is 15.8 Å². The minimum absolute atomic E-state index is 0.185. The smallest absolute Gasteiger partial charge is 0.253 e. The SMILES string of the molecule is CC(OCc1cccc(Br)c1)C(=O)Nc1ccc(N)cc1. The van der Waals surface area contributed by atoms with Crippen LogP contribution in [0.1, 0.15) is 12.5 Å². The number of amides is 1. The zero-order valence-electron chi connectivity index (χ0n) is 11.7. The lowest BCUT2D eigenvalue weighted by molar-refractivity contribution is -0.127. The highest BCUT2D eigenvalue weighted by Crippen LogP contribution is 2.14. The summed E-state index contributed by atoms with van der Waals surface area (Å²) in [7, 11) is 0. The Bertz CT molecular complexity index is 614. The van der Waals surface area contributed by atoms with Gasteiger partial charge in [0.1, 0.15) is 6.10 Å². The summed E-state index contributed by atoms with van der Waals surface area (Å²) in [4.78, 5) is 12.0. The Labute approximate surface area is 132 Å². The Hall–Kier alpha value is -1.85. The number of hydrogen-bond donors (Lipinski definition) is 2. The molecule has 0 aromatic heterocycles. The van der Waals surface area contributed by atoms with Crippen LogP contribution in [0.5, 0.6) is 0 Å². The number of nitrogens with one attached hydrogen (secondary N) is 1. The number of nitrogen functional groups attached to an aromatic ring is 1. The van der Waals surface area contributed by atoms with Crippen LogP contribution in [0.15, 0.2) is 53.0 Å². The molecule has 1 atom stereocenters. The maximum Gasteiger partial charge on any atom is 0.253 e. The average Bonchev–Trinajstić information content (AvgIpc) is 2.47. The van der Waals surface area contributed by atoms with E-state index in [1.54, 1.807) is 31.2 Å². The molecule has 0 saturated carbocycles. The first-order chi connectivity index (χ1) is 10.0. The second-order valence-corrected chi connectivity index (χ2v) is 5.61. The van der Waals surface area contributed by atoms with Crippen LogP contribution in [0.2, 0.25) is 0 Å². The Balaban J connectivity index is 1.86. The molecule has 4 nitrogen and oxygen atoms in total. The van der Waals surface area contributed by atoms with E-state index < -0.39 is 6.10 Å². The summed E-state index contributed by atoms with van der Waals surface area (Å²) < 4.78 is 6.57. The van der Waals surface area contributed by atoms with Crippen molar-refractivity contribution in [1.29, 1.82) is 0 Å². The van der Waals surface area contributed by atoms with Crippen LogP contribution in [0.25, 0.3) is 0 Å². The topological polar surface area (TPSA) is 64.3 Å². The third-order valence-corrected chi connectivity index (χ3v) is 3.43. The van der Waals surface area contributed by atoms with Crippen molar-refractivity contribution in [3.8, 4) is 0 Å². The highest BCUT2D eigenvalue weighted by molar-refractivity contribution is 9.10. The Kier molecular flexibility index (Phi) is 5.36. The molecule has 0 aliphatic rings. The fourth-order valence-corrected chi connectivity index (χ4v) is 2.18. The number of carbonyl (C=O) groups is 1. The molecule has 0 aliphatic heterocycles. The lowest BCUT2D eigenvalue weighted by Crippen LogP contribution is -2.27. The van der Waals surface area contributed by atoms with E-state index >= 15 is 0 Å². The summed E-state index contributed by atoms with van der Waals surface area (Å²) in [6.07, 6.45) is -0.540. The first-order valence-corrected chi connectivity index (χ1v) is 7.36. The Morgan fingerprint density at radius 2 is 2.00 bits per heavy atom. The van der Waals surface area contributed by atoms with E-state index in [2.05, 4.69) is 21.2 Å². The molecule has 21 heavy (non-hydrogen) atoms. The van der Waals surface area contributed by atoms with Gasteiger partial charge in [-0.05, 0) is 48.9 Å². The Morgan fingerprint density at radius 1 is 1.29 bits per heavy atom. The Morgan fingerprint density at radius 3 is 2.67 bits per heavy atom.